The number of hydrogen-bond acceptors (Lipinski definition) is 1. The highest BCUT2D eigenvalue weighted by Gasteiger charge is 2.50. The predicted octanol–water partition coefficient (Wildman–Crippen LogP) is 1.79. The van der Waals surface area contributed by atoms with Crippen LogP contribution in [0.3, 0.4) is 0 Å². The summed E-state index contributed by atoms with van der Waals surface area (Å²) in [6, 6.07) is 0. The molecule has 0 heterocycles. The van der Waals surface area contributed by atoms with Crippen LogP contribution in [0.5, 0.6) is 0 Å². The van der Waals surface area contributed by atoms with Gasteiger partial charge in [-0.05, 0) is 44.1 Å². The Labute approximate surface area is 63.2 Å². The third-order valence-electron chi connectivity index (χ3n) is 3.39. The minimum absolute atomic E-state index is 0.785. The van der Waals surface area contributed by atoms with Crippen molar-refractivity contribution in [1.82, 2.24) is 5.32 Å². The second kappa shape index (κ2) is 2.23. The molecule has 0 aromatic heterocycles. The topological polar surface area (TPSA) is 12.0 Å². The molecular weight excluding hydrogens is 122 g/mol. The number of rotatable bonds is 3. The first-order valence-electron chi connectivity index (χ1n) is 4.52. The van der Waals surface area contributed by atoms with Gasteiger partial charge in [-0.2, -0.15) is 0 Å². The van der Waals surface area contributed by atoms with Gasteiger partial charge < -0.3 is 5.32 Å². The molecule has 0 aliphatic heterocycles. The van der Waals surface area contributed by atoms with Crippen molar-refractivity contribution in [2.45, 2.75) is 32.1 Å². The fourth-order valence-corrected chi connectivity index (χ4v) is 2.26. The predicted molar refractivity (Wildman–Crippen MR) is 42.9 cm³/mol. The van der Waals surface area contributed by atoms with Crippen molar-refractivity contribution in [2.24, 2.45) is 11.3 Å². The van der Waals surface area contributed by atoms with E-state index in [0.29, 0.717) is 0 Å². The lowest BCUT2D eigenvalue weighted by Crippen LogP contribution is -2.31. The molecule has 0 amide bonds. The quantitative estimate of drug-likeness (QED) is 0.628. The summed E-state index contributed by atoms with van der Waals surface area (Å²) in [4.78, 5) is 0. The summed E-state index contributed by atoms with van der Waals surface area (Å²) in [7, 11) is 2.08. The first kappa shape index (κ1) is 6.66. The van der Waals surface area contributed by atoms with E-state index in [1.807, 2.05) is 0 Å². The molecule has 0 aromatic rings. The summed E-state index contributed by atoms with van der Waals surface area (Å²) in [5.41, 5.74) is 0.785. The fraction of sp³-hybridized carbons (Fsp3) is 1.00. The van der Waals surface area contributed by atoms with Gasteiger partial charge in [0.05, 0.1) is 0 Å². The smallest absolute Gasteiger partial charge is 0.000747 e. The Kier molecular flexibility index (Phi) is 1.48. The Morgan fingerprint density at radius 3 is 2.40 bits per heavy atom. The van der Waals surface area contributed by atoms with Gasteiger partial charge in [0.15, 0.2) is 0 Å². The zero-order valence-electron chi connectivity index (χ0n) is 6.82. The largest absolute Gasteiger partial charge is 0.319 e. The minimum atomic E-state index is 0.785. The van der Waals surface area contributed by atoms with Gasteiger partial charge in [0.25, 0.3) is 0 Å². The summed E-state index contributed by atoms with van der Waals surface area (Å²) >= 11 is 0. The Hall–Kier alpha value is -0.0400. The highest BCUT2D eigenvalue weighted by Crippen LogP contribution is 2.57. The monoisotopic (exact) mass is 139 g/mol. The molecule has 0 atom stereocenters. The van der Waals surface area contributed by atoms with Gasteiger partial charge in [-0.3, -0.25) is 0 Å². The molecule has 2 rings (SSSR count). The van der Waals surface area contributed by atoms with E-state index < -0.39 is 0 Å². The van der Waals surface area contributed by atoms with Crippen LogP contribution in [0.25, 0.3) is 0 Å². The van der Waals surface area contributed by atoms with Crippen molar-refractivity contribution in [3.05, 3.63) is 0 Å². The molecule has 0 bridgehead atoms. The number of hydrogen-bond donors (Lipinski definition) is 1. The molecule has 1 heteroatoms. The average molecular weight is 139 g/mol. The van der Waals surface area contributed by atoms with Crippen LogP contribution in [0.1, 0.15) is 32.1 Å². The maximum atomic E-state index is 3.32. The first-order chi connectivity index (χ1) is 4.87. The Balaban J connectivity index is 1.87. The summed E-state index contributed by atoms with van der Waals surface area (Å²) < 4.78 is 0. The van der Waals surface area contributed by atoms with E-state index in [-0.39, 0.29) is 0 Å². The SMILES string of the molecule is CNCC1(C2CCC2)CC1. The van der Waals surface area contributed by atoms with Gasteiger partial charge in [0.2, 0.25) is 0 Å². The molecule has 2 fully saturated rings. The van der Waals surface area contributed by atoms with E-state index in [1.165, 1.54) is 38.6 Å². The maximum Gasteiger partial charge on any atom is 0.000747 e. The molecule has 1 nitrogen and oxygen atoms in total. The average Bonchev–Trinajstić information content (AvgIpc) is 2.44. The van der Waals surface area contributed by atoms with E-state index in [2.05, 4.69) is 12.4 Å². The second-order valence-electron chi connectivity index (χ2n) is 4.02. The van der Waals surface area contributed by atoms with Crippen molar-refractivity contribution in [3.8, 4) is 0 Å². The molecule has 1 N–H and O–H groups in total. The molecular formula is C9H17N. The third-order valence-corrected chi connectivity index (χ3v) is 3.39. The maximum absolute atomic E-state index is 3.32. The summed E-state index contributed by atoms with van der Waals surface area (Å²) in [6.07, 6.45) is 7.52. The zero-order chi connectivity index (χ0) is 7.03. The minimum Gasteiger partial charge on any atom is -0.319 e. The highest BCUT2D eigenvalue weighted by molar-refractivity contribution is 5.02. The normalized spacial score (nSPS) is 29.7. The lowest BCUT2D eigenvalue weighted by atomic mass is 9.73. The fourth-order valence-electron chi connectivity index (χ4n) is 2.26. The molecule has 10 heavy (non-hydrogen) atoms. The van der Waals surface area contributed by atoms with Crippen molar-refractivity contribution in [3.63, 3.8) is 0 Å². The van der Waals surface area contributed by atoms with Crippen LogP contribution in [-0.4, -0.2) is 13.6 Å². The first-order valence-corrected chi connectivity index (χ1v) is 4.52. The lowest BCUT2D eigenvalue weighted by molar-refractivity contribution is 0.183. The van der Waals surface area contributed by atoms with Crippen LogP contribution in [0.4, 0.5) is 0 Å². The van der Waals surface area contributed by atoms with E-state index in [9.17, 15) is 0 Å². The van der Waals surface area contributed by atoms with E-state index in [1.54, 1.807) is 0 Å². The summed E-state index contributed by atoms with van der Waals surface area (Å²) in [5, 5.41) is 3.32. The molecule has 2 aliphatic carbocycles. The molecule has 0 radical (unpaired) electrons. The lowest BCUT2D eigenvalue weighted by Gasteiger charge is -2.34. The Morgan fingerprint density at radius 2 is 2.10 bits per heavy atom. The van der Waals surface area contributed by atoms with Gasteiger partial charge in [-0.25, -0.2) is 0 Å². The van der Waals surface area contributed by atoms with Gasteiger partial charge in [0.1, 0.15) is 0 Å². The van der Waals surface area contributed by atoms with Crippen molar-refractivity contribution in [1.29, 1.82) is 0 Å². The van der Waals surface area contributed by atoms with Crippen molar-refractivity contribution >= 4 is 0 Å². The standard InChI is InChI=1S/C9H17N/c1-10-7-9(5-6-9)8-3-2-4-8/h8,10H,2-7H2,1H3. The highest BCUT2D eigenvalue weighted by atomic mass is 14.9. The second-order valence-corrected chi connectivity index (χ2v) is 4.02. The van der Waals surface area contributed by atoms with Gasteiger partial charge >= 0.3 is 0 Å². The van der Waals surface area contributed by atoms with Crippen LogP contribution in [0.15, 0.2) is 0 Å². The summed E-state index contributed by atoms with van der Waals surface area (Å²) in [5.74, 6) is 1.10. The molecule has 0 unspecified atom stereocenters. The van der Waals surface area contributed by atoms with Crippen molar-refractivity contribution < 1.29 is 0 Å². The van der Waals surface area contributed by atoms with Crippen LogP contribution in [0.2, 0.25) is 0 Å². The zero-order valence-corrected chi connectivity index (χ0v) is 6.82. The van der Waals surface area contributed by atoms with Crippen LogP contribution in [-0.2, 0) is 0 Å². The Morgan fingerprint density at radius 1 is 1.40 bits per heavy atom. The molecule has 2 saturated carbocycles. The van der Waals surface area contributed by atoms with Gasteiger partial charge in [-0.1, -0.05) is 6.42 Å². The van der Waals surface area contributed by atoms with Gasteiger partial charge in [0, 0.05) is 6.54 Å². The molecule has 0 aromatic carbocycles. The van der Waals surface area contributed by atoms with Crippen LogP contribution in [0, 0.1) is 11.3 Å². The van der Waals surface area contributed by atoms with Crippen molar-refractivity contribution in [2.75, 3.05) is 13.6 Å². The molecule has 2 aliphatic rings. The van der Waals surface area contributed by atoms with E-state index in [4.69, 9.17) is 0 Å². The molecule has 0 spiro atoms. The van der Waals surface area contributed by atoms with Gasteiger partial charge in [-0.15, -0.1) is 0 Å². The van der Waals surface area contributed by atoms with Crippen LogP contribution < -0.4 is 5.32 Å². The van der Waals surface area contributed by atoms with E-state index >= 15 is 0 Å². The third kappa shape index (κ3) is 0.878. The van der Waals surface area contributed by atoms with E-state index in [0.717, 1.165) is 11.3 Å². The molecule has 0 saturated heterocycles. The molecule has 58 valence electrons. The number of nitrogens with one attached hydrogen (secondary N) is 1. The Bertz CT molecular complexity index is 123. The van der Waals surface area contributed by atoms with Crippen LogP contribution >= 0.6 is 0 Å². The summed E-state index contributed by atoms with van der Waals surface area (Å²) in [6.45, 7) is 1.28.